The van der Waals surface area contributed by atoms with Gasteiger partial charge in [0.2, 0.25) is 11.4 Å². The third-order valence-electron chi connectivity index (χ3n) is 4.53. The van der Waals surface area contributed by atoms with Crippen LogP contribution in [-0.4, -0.2) is 21.1 Å². The fourth-order valence-electron chi connectivity index (χ4n) is 3.32. The molecule has 2 atom stereocenters. The molecule has 0 bridgehead atoms. The number of fused-ring (bicyclic) bond motifs is 5. The zero-order valence-corrected chi connectivity index (χ0v) is 11.8. The van der Waals surface area contributed by atoms with Gasteiger partial charge in [-0.1, -0.05) is 19.1 Å². The minimum Gasteiger partial charge on any atom is -0.508 e. The van der Waals surface area contributed by atoms with Gasteiger partial charge in [0.15, 0.2) is 0 Å². The molecule has 0 amide bonds. The van der Waals surface area contributed by atoms with Gasteiger partial charge in [-0.15, -0.1) is 0 Å². The highest BCUT2D eigenvalue weighted by Gasteiger charge is 2.70. The lowest BCUT2D eigenvalue weighted by Crippen LogP contribution is -2.48. The normalized spacial score (nSPS) is 28.0. The number of carbonyl (C=O) groups excluding carboxylic acids is 1. The van der Waals surface area contributed by atoms with E-state index in [1.54, 1.807) is 18.2 Å². The van der Waals surface area contributed by atoms with E-state index < -0.39 is 17.2 Å². The van der Waals surface area contributed by atoms with Crippen LogP contribution in [0.1, 0.15) is 34.0 Å². The van der Waals surface area contributed by atoms with Crippen molar-refractivity contribution in [3.63, 3.8) is 0 Å². The monoisotopic (exact) mass is 298 g/mol. The Kier molecular flexibility index (Phi) is 2.35. The van der Waals surface area contributed by atoms with E-state index in [4.69, 9.17) is 4.74 Å². The van der Waals surface area contributed by atoms with Crippen LogP contribution in [0.3, 0.4) is 0 Å². The van der Waals surface area contributed by atoms with Gasteiger partial charge in [-0.3, -0.25) is 4.79 Å². The van der Waals surface area contributed by atoms with Gasteiger partial charge in [0, 0.05) is 16.7 Å². The molecule has 22 heavy (non-hydrogen) atoms. The van der Waals surface area contributed by atoms with E-state index >= 15 is 0 Å². The minimum atomic E-state index is -2.19. The van der Waals surface area contributed by atoms with Gasteiger partial charge in [-0.2, -0.15) is 0 Å². The van der Waals surface area contributed by atoms with Gasteiger partial charge < -0.3 is 20.1 Å². The molecule has 1 aliphatic carbocycles. The molecule has 2 aliphatic rings. The Morgan fingerprint density at radius 1 is 1.09 bits per heavy atom. The van der Waals surface area contributed by atoms with Crippen LogP contribution in [0.5, 0.6) is 11.5 Å². The average Bonchev–Trinajstić information content (AvgIpc) is 2.83. The summed E-state index contributed by atoms with van der Waals surface area (Å²) < 4.78 is 5.60. The van der Waals surface area contributed by atoms with Gasteiger partial charge in [0.1, 0.15) is 11.5 Å². The quantitative estimate of drug-likeness (QED) is 0.744. The van der Waals surface area contributed by atoms with Crippen molar-refractivity contribution in [2.45, 2.75) is 24.7 Å². The summed E-state index contributed by atoms with van der Waals surface area (Å²) in [6.07, 6.45) is 0.770. The molecule has 5 heteroatoms. The van der Waals surface area contributed by atoms with Crippen molar-refractivity contribution in [1.82, 2.24) is 0 Å². The molecule has 0 radical (unpaired) electrons. The smallest absolute Gasteiger partial charge is 0.276 e. The van der Waals surface area contributed by atoms with Crippen LogP contribution < -0.4 is 4.74 Å². The molecule has 5 nitrogen and oxygen atoms in total. The van der Waals surface area contributed by atoms with Crippen molar-refractivity contribution >= 4 is 5.78 Å². The number of phenolic OH excluding ortho intramolecular Hbond substituents is 1. The van der Waals surface area contributed by atoms with Gasteiger partial charge in [0.25, 0.3) is 5.79 Å². The Morgan fingerprint density at radius 3 is 2.55 bits per heavy atom. The van der Waals surface area contributed by atoms with E-state index in [1.807, 2.05) is 6.92 Å². The molecular formula is C17H14O5. The first-order valence-electron chi connectivity index (χ1n) is 7.07. The topological polar surface area (TPSA) is 87.0 Å². The number of hydrogen-bond donors (Lipinski definition) is 3. The molecule has 2 unspecified atom stereocenters. The van der Waals surface area contributed by atoms with E-state index in [1.165, 1.54) is 18.2 Å². The Hall–Kier alpha value is -2.37. The number of ether oxygens (including phenoxy) is 1. The standard InChI is InChI=1S/C17H14O5/c1-2-9-3-5-13-14(7-9)22-17(21)12-6-4-10(18)8-11(12)15(19)16(13,17)20/h3-8,18,20-21H,2H2,1H3. The fraction of sp³-hybridized carbons (Fsp3) is 0.235. The number of hydrogen-bond acceptors (Lipinski definition) is 5. The number of ketones is 1. The highest BCUT2D eigenvalue weighted by molar-refractivity contribution is 6.09. The maximum Gasteiger partial charge on any atom is 0.276 e. The minimum absolute atomic E-state index is 0.0650. The molecule has 0 saturated carbocycles. The molecule has 2 aromatic rings. The van der Waals surface area contributed by atoms with Gasteiger partial charge >= 0.3 is 0 Å². The van der Waals surface area contributed by atoms with Gasteiger partial charge in [-0.05, 0) is 36.2 Å². The molecule has 0 spiro atoms. The van der Waals surface area contributed by atoms with Crippen molar-refractivity contribution in [2.24, 2.45) is 0 Å². The van der Waals surface area contributed by atoms with E-state index in [0.29, 0.717) is 5.75 Å². The fourth-order valence-corrected chi connectivity index (χ4v) is 3.32. The molecule has 1 aliphatic heterocycles. The highest BCUT2D eigenvalue weighted by Crippen LogP contribution is 2.58. The van der Waals surface area contributed by atoms with Crippen LogP contribution in [0.25, 0.3) is 0 Å². The number of benzene rings is 2. The number of Topliss-reactive ketones (excluding diaryl/α,β-unsaturated/α-hetero) is 1. The molecule has 0 saturated heterocycles. The summed E-state index contributed by atoms with van der Waals surface area (Å²) in [7, 11) is 0. The van der Waals surface area contributed by atoms with Crippen LogP contribution in [0.4, 0.5) is 0 Å². The summed E-state index contributed by atoms with van der Waals surface area (Å²) >= 11 is 0. The number of carbonyl (C=O) groups is 1. The predicted octanol–water partition coefficient (Wildman–Crippen LogP) is 1.58. The Balaban J connectivity index is 1.99. The van der Waals surface area contributed by atoms with E-state index in [2.05, 4.69) is 0 Å². The van der Waals surface area contributed by atoms with Crippen LogP contribution in [0.2, 0.25) is 0 Å². The molecule has 2 aromatic carbocycles. The maximum atomic E-state index is 12.7. The SMILES string of the molecule is CCc1ccc2c(c1)OC1(O)c3ccc(O)cc3C(=O)C21O. The first-order valence-corrected chi connectivity index (χ1v) is 7.07. The lowest BCUT2D eigenvalue weighted by Gasteiger charge is -2.28. The third-order valence-corrected chi connectivity index (χ3v) is 4.53. The molecule has 112 valence electrons. The Morgan fingerprint density at radius 2 is 1.82 bits per heavy atom. The highest BCUT2D eigenvalue weighted by atomic mass is 16.7. The van der Waals surface area contributed by atoms with Crippen molar-refractivity contribution in [3.05, 3.63) is 58.7 Å². The molecule has 3 N–H and O–H groups in total. The summed E-state index contributed by atoms with van der Waals surface area (Å²) in [5, 5.41) is 31.4. The lowest BCUT2D eigenvalue weighted by atomic mass is 9.86. The average molecular weight is 298 g/mol. The molecule has 0 aromatic heterocycles. The summed E-state index contributed by atoms with van der Waals surface area (Å²) in [5.74, 6) is -2.65. The zero-order valence-electron chi connectivity index (χ0n) is 11.8. The van der Waals surface area contributed by atoms with Crippen molar-refractivity contribution in [2.75, 3.05) is 0 Å². The summed E-state index contributed by atoms with van der Waals surface area (Å²) in [5.41, 5.74) is -0.746. The number of aromatic hydroxyl groups is 1. The number of phenols is 1. The van der Waals surface area contributed by atoms with Crippen molar-refractivity contribution in [1.29, 1.82) is 0 Å². The Bertz CT molecular complexity index is 828. The van der Waals surface area contributed by atoms with Gasteiger partial charge in [-0.25, -0.2) is 0 Å². The largest absolute Gasteiger partial charge is 0.508 e. The van der Waals surface area contributed by atoms with Crippen LogP contribution >= 0.6 is 0 Å². The van der Waals surface area contributed by atoms with E-state index in [-0.39, 0.29) is 22.4 Å². The summed E-state index contributed by atoms with van der Waals surface area (Å²) in [6.45, 7) is 1.98. The summed E-state index contributed by atoms with van der Waals surface area (Å²) in [4.78, 5) is 12.7. The van der Waals surface area contributed by atoms with Crippen LogP contribution in [-0.2, 0) is 17.8 Å². The molecule has 1 heterocycles. The third kappa shape index (κ3) is 1.28. The number of aryl methyl sites for hydroxylation is 1. The second kappa shape index (κ2) is 3.88. The lowest BCUT2D eigenvalue weighted by molar-refractivity contribution is -0.224. The van der Waals surface area contributed by atoms with Crippen molar-refractivity contribution in [3.8, 4) is 11.5 Å². The van der Waals surface area contributed by atoms with Gasteiger partial charge in [0.05, 0.1) is 0 Å². The van der Waals surface area contributed by atoms with Crippen molar-refractivity contribution < 1.29 is 24.9 Å². The zero-order chi connectivity index (χ0) is 15.7. The van der Waals surface area contributed by atoms with Crippen LogP contribution in [0, 0.1) is 0 Å². The molecule has 0 fully saturated rings. The predicted molar refractivity (Wildman–Crippen MR) is 76.7 cm³/mol. The van der Waals surface area contributed by atoms with E-state index in [9.17, 15) is 20.1 Å². The second-order valence-electron chi connectivity index (χ2n) is 5.70. The Labute approximate surface area is 126 Å². The maximum absolute atomic E-state index is 12.7. The van der Waals surface area contributed by atoms with E-state index in [0.717, 1.165) is 12.0 Å². The molecule has 4 rings (SSSR count). The summed E-state index contributed by atoms with van der Waals surface area (Å²) in [6, 6.07) is 9.09. The number of rotatable bonds is 1. The first kappa shape index (κ1) is 13.3. The first-order chi connectivity index (χ1) is 10.4. The second-order valence-corrected chi connectivity index (χ2v) is 5.70. The number of aliphatic hydroxyl groups is 2. The molecular weight excluding hydrogens is 284 g/mol. The van der Waals surface area contributed by atoms with Crippen LogP contribution in [0.15, 0.2) is 36.4 Å².